The van der Waals surface area contributed by atoms with Gasteiger partial charge < -0.3 is 15.4 Å². The zero-order valence-electron chi connectivity index (χ0n) is 13.1. The van der Waals surface area contributed by atoms with E-state index in [2.05, 4.69) is 19.2 Å². The first-order valence-corrected chi connectivity index (χ1v) is 7.58. The third kappa shape index (κ3) is 5.58. The van der Waals surface area contributed by atoms with Crippen LogP contribution < -0.4 is 15.4 Å². The molecule has 4 nitrogen and oxygen atoms in total. The molecule has 0 saturated carbocycles. The molecule has 0 radical (unpaired) electrons. The molecule has 0 fully saturated rings. The topological polar surface area (TPSA) is 54.9 Å². The first-order chi connectivity index (χ1) is 10.6. The van der Waals surface area contributed by atoms with Crippen LogP contribution in [0.25, 0.3) is 0 Å². The maximum absolute atomic E-state index is 11.8. The van der Waals surface area contributed by atoms with E-state index in [4.69, 9.17) is 4.74 Å². The molecule has 0 spiro atoms. The summed E-state index contributed by atoms with van der Waals surface area (Å²) in [6.07, 6.45) is 0. The van der Waals surface area contributed by atoms with E-state index in [0.29, 0.717) is 12.5 Å². The molecule has 0 aliphatic heterocycles. The maximum Gasteiger partial charge on any atom is 0.279 e. The van der Waals surface area contributed by atoms with E-state index in [9.17, 15) is 4.79 Å². The molecule has 22 heavy (non-hydrogen) atoms. The molecule has 2 aromatic carbocycles. The van der Waals surface area contributed by atoms with E-state index in [0.717, 1.165) is 23.7 Å². The second-order valence-electron chi connectivity index (χ2n) is 5.61. The Kier molecular flexibility index (Phi) is 5.98. The largest absolute Gasteiger partial charge is 0.457 e. The summed E-state index contributed by atoms with van der Waals surface area (Å²) in [5, 5.41) is 4.90. The van der Waals surface area contributed by atoms with Gasteiger partial charge in [-0.1, -0.05) is 32.0 Å². The summed E-state index contributed by atoms with van der Waals surface area (Å²) in [6, 6.07) is 17.0. The van der Waals surface area contributed by atoms with Crippen molar-refractivity contribution in [2.45, 2.75) is 13.8 Å². The number of hydrogen-bond acceptors (Lipinski definition) is 2. The van der Waals surface area contributed by atoms with Crippen LogP contribution in [0.15, 0.2) is 54.6 Å². The van der Waals surface area contributed by atoms with Crippen LogP contribution in [0.5, 0.6) is 11.5 Å². The van der Waals surface area contributed by atoms with E-state index >= 15 is 0 Å². The Bertz CT molecular complexity index is 580. The molecule has 2 aromatic rings. The van der Waals surface area contributed by atoms with E-state index in [-0.39, 0.29) is 5.91 Å². The smallest absolute Gasteiger partial charge is 0.279 e. The van der Waals surface area contributed by atoms with Gasteiger partial charge in [-0.05, 0) is 36.4 Å². The van der Waals surface area contributed by atoms with Crippen LogP contribution in [0, 0.1) is 5.92 Å². The molecule has 0 atom stereocenters. The molecule has 3 N–H and O–H groups in total. The number of benzene rings is 2. The number of nitrogens with two attached hydrogens (primary N) is 1. The number of ether oxygens (including phenoxy) is 1. The van der Waals surface area contributed by atoms with Crippen LogP contribution in [0.1, 0.15) is 13.8 Å². The van der Waals surface area contributed by atoms with Gasteiger partial charge in [-0.2, -0.15) is 0 Å². The highest BCUT2D eigenvalue weighted by Gasteiger charge is 2.05. The van der Waals surface area contributed by atoms with Crippen LogP contribution in [0.2, 0.25) is 0 Å². The highest BCUT2D eigenvalue weighted by atomic mass is 16.5. The minimum Gasteiger partial charge on any atom is -0.457 e. The zero-order valence-corrected chi connectivity index (χ0v) is 13.1. The minimum atomic E-state index is 0.0115. The number of carbonyl (C=O) groups excluding carboxylic acids is 1. The molecule has 0 aliphatic carbocycles. The summed E-state index contributed by atoms with van der Waals surface area (Å²) >= 11 is 0. The van der Waals surface area contributed by atoms with E-state index in [1.54, 1.807) is 0 Å². The molecular formula is C18H23N2O2+. The summed E-state index contributed by atoms with van der Waals surface area (Å²) in [5.41, 5.74) is 0.781. The van der Waals surface area contributed by atoms with Gasteiger partial charge in [0.1, 0.15) is 11.5 Å². The Hall–Kier alpha value is -2.33. The van der Waals surface area contributed by atoms with Gasteiger partial charge in [0.2, 0.25) is 0 Å². The molecule has 0 heterocycles. The van der Waals surface area contributed by atoms with Gasteiger partial charge in [-0.25, -0.2) is 0 Å². The number of hydrogen-bond donors (Lipinski definition) is 2. The van der Waals surface area contributed by atoms with Crippen molar-refractivity contribution in [3.05, 3.63) is 54.6 Å². The molecule has 0 bridgehead atoms. The van der Waals surface area contributed by atoms with Crippen molar-refractivity contribution >= 4 is 11.6 Å². The van der Waals surface area contributed by atoms with Crippen molar-refractivity contribution in [1.82, 2.24) is 0 Å². The third-order valence-corrected chi connectivity index (χ3v) is 3.08. The van der Waals surface area contributed by atoms with Crippen LogP contribution in [-0.4, -0.2) is 19.0 Å². The van der Waals surface area contributed by atoms with Crippen molar-refractivity contribution < 1.29 is 14.8 Å². The lowest BCUT2D eigenvalue weighted by Gasteiger charge is -2.08. The average molecular weight is 299 g/mol. The van der Waals surface area contributed by atoms with Gasteiger partial charge in [-0.15, -0.1) is 0 Å². The number of quaternary nitrogens is 1. The van der Waals surface area contributed by atoms with Crippen molar-refractivity contribution in [3.8, 4) is 11.5 Å². The Labute approximate surface area is 131 Å². The number of carbonyl (C=O) groups is 1. The number of para-hydroxylation sites is 1. The van der Waals surface area contributed by atoms with Crippen molar-refractivity contribution in [1.29, 1.82) is 0 Å². The summed E-state index contributed by atoms with van der Waals surface area (Å²) in [7, 11) is 0. The number of rotatable bonds is 7. The fraction of sp³-hybridized carbons (Fsp3) is 0.278. The Morgan fingerprint density at radius 2 is 1.68 bits per heavy atom. The maximum atomic E-state index is 11.8. The number of amides is 1. The van der Waals surface area contributed by atoms with Crippen LogP contribution in [0.3, 0.4) is 0 Å². The lowest BCUT2D eigenvalue weighted by molar-refractivity contribution is -0.648. The van der Waals surface area contributed by atoms with E-state index < -0.39 is 0 Å². The fourth-order valence-electron chi connectivity index (χ4n) is 1.99. The first-order valence-electron chi connectivity index (χ1n) is 7.58. The van der Waals surface area contributed by atoms with Crippen molar-refractivity contribution in [2.75, 3.05) is 18.4 Å². The van der Waals surface area contributed by atoms with Gasteiger partial charge in [0.15, 0.2) is 6.54 Å². The summed E-state index contributed by atoms with van der Waals surface area (Å²) < 4.78 is 5.71. The molecule has 0 aliphatic rings. The van der Waals surface area contributed by atoms with Gasteiger partial charge >= 0.3 is 0 Å². The Morgan fingerprint density at radius 3 is 2.32 bits per heavy atom. The molecule has 0 saturated heterocycles. The first kappa shape index (κ1) is 16.0. The summed E-state index contributed by atoms with van der Waals surface area (Å²) in [6.45, 7) is 5.68. The van der Waals surface area contributed by atoms with Crippen LogP contribution in [0.4, 0.5) is 5.69 Å². The van der Waals surface area contributed by atoms with E-state index in [1.807, 2.05) is 59.9 Å². The number of nitrogens with one attached hydrogen (secondary N) is 1. The molecule has 1 amide bonds. The normalized spacial score (nSPS) is 10.5. The Morgan fingerprint density at radius 1 is 1.05 bits per heavy atom. The molecule has 2 rings (SSSR count). The van der Waals surface area contributed by atoms with Crippen molar-refractivity contribution in [3.63, 3.8) is 0 Å². The predicted molar refractivity (Wildman–Crippen MR) is 88.1 cm³/mol. The SMILES string of the molecule is CC(C)C[NH2+]CC(=O)Nc1ccc(Oc2ccccc2)cc1. The quantitative estimate of drug-likeness (QED) is 0.826. The second kappa shape index (κ2) is 8.20. The Balaban J connectivity index is 1.82. The summed E-state index contributed by atoms with van der Waals surface area (Å²) in [4.78, 5) is 11.8. The van der Waals surface area contributed by atoms with Crippen LogP contribution in [-0.2, 0) is 4.79 Å². The average Bonchev–Trinajstić information content (AvgIpc) is 2.50. The fourth-order valence-corrected chi connectivity index (χ4v) is 1.99. The van der Waals surface area contributed by atoms with Gasteiger partial charge in [0.05, 0.1) is 6.54 Å². The van der Waals surface area contributed by atoms with Crippen molar-refractivity contribution in [2.24, 2.45) is 5.92 Å². The highest BCUT2D eigenvalue weighted by molar-refractivity contribution is 5.91. The highest BCUT2D eigenvalue weighted by Crippen LogP contribution is 2.22. The molecule has 0 aromatic heterocycles. The molecule has 116 valence electrons. The molecular weight excluding hydrogens is 276 g/mol. The lowest BCUT2D eigenvalue weighted by atomic mass is 10.2. The van der Waals surface area contributed by atoms with E-state index in [1.165, 1.54) is 0 Å². The van der Waals surface area contributed by atoms with Gasteiger partial charge in [-0.3, -0.25) is 4.79 Å². The lowest BCUT2D eigenvalue weighted by Crippen LogP contribution is -2.87. The predicted octanol–water partition coefficient (Wildman–Crippen LogP) is 2.64. The zero-order chi connectivity index (χ0) is 15.8. The standard InChI is InChI=1S/C18H22N2O2/c1-14(2)12-19-13-18(21)20-15-8-10-17(11-9-15)22-16-6-4-3-5-7-16/h3-11,14,19H,12-13H2,1-2H3,(H,20,21)/p+1. The van der Waals surface area contributed by atoms with Gasteiger partial charge in [0, 0.05) is 11.6 Å². The number of anilines is 1. The van der Waals surface area contributed by atoms with Crippen LogP contribution >= 0.6 is 0 Å². The monoisotopic (exact) mass is 299 g/mol. The van der Waals surface area contributed by atoms with Gasteiger partial charge in [0.25, 0.3) is 5.91 Å². The summed E-state index contributed by atoms with van der Waals surface area (Å²) in [5.74, 6) is 2.14. The second-order valence-corrected chi connectivity index (χ2v) is 5.61. The molecule has 4 heteroatoms. The minimum absolute atomic E-state index is 0.0115. The third-order valence-electron chi connectivity index (χ3n) is 3.08. The molecule has 0 unspecified atom stereocenters.